The smallest absolute Gasteiger partial charge is 0.308 e. The predicted molar refractivity (Wildman–Crippen MR) is 131 cm³/mol. The van der Waals surface area contributed by atoms with E-state index in [1.54, 1.807) is 32.9 Å². The molecule has 1 aromatic rings. The number of benzene rings is 1. The largest absolute Gasteiger partial charge is 0.493 e. The Balaban J connectivity index is 1.41. The maximum Gasteiger partial charge on any atom is 0.308 e. The van der Waals surface area contributed by atoms with Gasteiger partial charge in [0.1, 0.15) is 17.4 Å². The first-order valence-corrected chi connectivity index (χ1v) is 12.4. The quantitative estimate of drug-likeness (QED) is 0.258. The molecule has 0 saturated carbocycles. The molecule has 0 bridgehead atoms. The van der Waals surface area contributed by atoms with Crippen molar-refractivity contribution in [3.63, 3.8) is 0 Å². The number of unbranched alkanes of at least 4 members (excludes halogenated alkanes) is 2. The van der Waals surface area contributed by atoms with Gasteiger partial charge >= 0.3 is 5.97 Å². The highest BCUT2D eigenvalue weighted by atomic mass is 16.6. The van der Waals surface area contributed by atoms with Crippen molar-refractivity contribution in [1.82, 2.24) is 15.5 Å². The summed E-state index contributed by atoms with van der Waals surface area (Å²) in [5, 5.41) is 4.87. The first kappa shape index (κ1) is 27.8. The van der Waals surface area contributed by atoms with Gasteiger partial charge in [0.2, 0.25) is 17.7 Å². The Hall–Kier alpha value is -3.76. The molecule has 11 nitrogen and oxygen atoms in total. The van der Waals surface area contributed by atoms with E-state index in [4.69, 9.17) is 9.47 Å². The van der Waals surface area contributed by atoms with Crippen molar-refractivity contribution in [1.29, 1.82) is 0 Å². The first-order valence-electron chi connectivity index (χ1n) is 12.4. The summed E-state index contributed by atoms with van der Waals surface area (Å²) in [6, 6.07) is 3.68. The van der Waals surface area contributed by atoms with Crippen LogP contribution in [0.1, 0.15) is 86.4 Å². The summed E-state index contributed by atoms with van der Waals surface area (Å²) in [4.78, 5) is 74.1. The second kappa shape index (κ2) is 12.0. The van der Waals surface area contributed by atoms with Crippen molar-refractivity contribution in [2.45, 2.75) is 77.4 Å². The van der Waals surface area contributed by atoms with Crippen LogP contribution in [0.4, 0.5) is 0 Å². The molecule has 1 fully saturated rings. The maximum absolute atomic E-state index is 13.0. The van der Waals surface area contributed by atoms with Crippen molar-refractivity contribution >= 4 is 35.5 Å². The van der Waals surface area contributed by atoms with Gasteiger partial charge in [-0.25, -0.2) is 0 Å². The molecule has 1 saturated heterocycles. The van der Waals surface area contributed by atoms with E-state index in [2.05, 4.69) is 10.6 Å². The topological polar surface area (TPSA) is 148 Å². The van der Waals surface area contributed by atoms with Gasteiger partial charge in [-0.15, -0.1) is 0 Å². The Morgan fingerprint density at radius 2 is 1.81 bits per heavy atom. The molecule has 200 valence electrons. The predicted octanol–water partition coefficient (Wildman–Crippen LogP) is 1.87. The van der Waals surface area contributed by atoms with E-state index in [9.17, 15) is 28.8 Å². The Morgan fingerprint density at radius 3 is 2.51 bits per heavy atom. The van der Waals surface area contributed by atoms with E-state index in [1.165, 1.54) is 6.07 Å². The van der Waals surface area contributed by atoms with Gasteiger partial charge < -0.3 is 14.8 Å². The lowest BCUT2D eigenvalue weighted by Gasteiger charge is -2.27. The molecule has 1 atom stereocenters. The zero-order chi connectivity index (χ0) is 27.2. The van der Waals surface area contributed by atoms with Crippen molar-refractivity contribution in [2.75, 3.05) is 13.2 Å². The van der Waals surface area contributed by atoms with Crippen molar-refractivity contribution in [2.24, 2.45) is 0 Å². The third-order valence-electron chi connectivity index (χ3n) is 5.81. The number of rotatable bonds is 11. The lowest BCUT2D eigenvalue weighted by Crippen LogP contribution is -2.54. The summed E-state index contributed by atoms with van der Waals surface area (Å²) in [6.07, 6.45) is 2.49. The van der Waals surface area contributed by atoms with Crippen LogP contribution >= 0.6 is 0 Å². The van der Waals surface area contributed by atoms with Crippen molar-refractivity contribution in [3.8, 4) is 5.75 Å². The molecule has 0 aliphatic carbocycles. The molecule has 2 heterocycles. The van der Waals surface area contributed by atoms with Gasteiger partial charge in [0, 0.05) is 19.4 Å². The van der Waals surface area contributed by atoms with Crippen LogP contribution in [0.2, 0.25) is 0 Å². The molecule has 1 aromatic carbocycles. The normalized spacial score (nSPS) is 17.4. The van der Waals surface area contributed by atoms with E-state index < -0.39 is 35.3 Å². The standard InChI is InChI=1S/C26H33N3O8/c1-26(2,3)37-21(32)13-14-27-19(30)10-5-4-6-15-36-18-9-7-8-16-22(18)25(35)29(24(16)34)17-11-12-20(31)28-23(17)33/h7-9,17H,4-6,10-15H2,1-3H3,(H,27,30)(H,28,31,33). The Bertz CT molecular complexity index is 1090. The third kappa shape index (κ3) is 7.37. The molecule has 37 heavy (non-hydrogen) atoms. The van der Waals surface area contributed by atoms with Gasteiger partial charge in [-0.2, -0.15) is 0 Å². The van der Waals surface area contributed by atoms with E-state index in [-0.39, 0.29) is 61.2 Å². The van der Waals surface area contributed by atoms with Crippen molar-refractivity contribution in [3.05, 3.63) is 29.3 Å². The van der Waals surface area contributed by atoms with Crippen LogP contribution in [0.5, 0.6) is 5.75 Å². The van der Waals surface area contributed by atoms with E-state index in [0.29, 0.717) is 25.7 Å². The highest BCUT2D eigenvalue weighted by Gasteiger charge is 2.45. The van der Waals surface area contributed by atoms with Crippen LogP contribution < -0.4 is 15.4 Å². The molecule has 11 heteroatoms. The van der Waals surface area contributed by atoms with Gasteiger partial charge in [-0.1, -0.05) is 6.07 Å². The summed E-state index contributed by atoms with van der Waals surface area (Å²) in [5.74, 6) is -2.56. The molecule has 0 aromatic heterocycles. The second-order valence-corrected chi connectivity index (χ2v) is 9.97. The number of esters is 1. The summed E-state index contributed by atoms with van der Waals surface area (Å²) < 4.78 is 11.0. The van der Waals surface area contributed by atoms with E-state index in [0.717, 1.165) is 4.90 Å². The summed E-state index contributed by atoms with van der Waals surface area (Å²) in [7, 11) is 0. The number of nitrogens with one attached hydrogen (secondary N) is 2. The number of amides is 5. The third-order valence-corrected chi connectivity index (χ3v) is 5.81. The number of carbonyl (C=O) groups is 6. The van der Waals surface area contributed by atoms with Gasteiger partial charge in [-0.05, 0) is 58.6 Å². The van der Waals surface area contributed by atoms with Gasteiger partial charge in [0.25, 0.3) is 11.8 Å². The Kier molecular flexibility index (Phi) is 9.01. The van der Waals surface area contributed by atoms with Crippen LogP contribution in [0.3, 0.4) is 0 Å². The zero-order valence-corrected chi connectivity index (χ0v) is 21.4. The number of hydrogen-bond donors (Lipinski definition) is 2. The Morgan fingerprint density at radius 1 is 1.05 bits per heavy atom. The zero-order valence-electron chi connectivity index (χ0n) is 21.4. The molecule has 3 rings (SSSR count). The number of piperidine rings is 1. The highest BCUT2D eigenvalue weighted by Crippen LogP contribution is 2.33. The minimum absolute atomic E-state index is 0.0505. The number of nitrogens with zero attached hydrogens (tertiary/aromatic N) is 1. The fourth-order valence-electron chi connectivity index (χ4n) is 4.14. The average Bonchev–Trinajstić information content (AvgIpc) is 3.06. The molecule has 2 aliphatic rings. The minimum atomic E-state index is -1.03. The molecule has 2 aliphatic heterocycles. The lowest BCUT2D eigenvalue weighted by molar-refractivity contribution is -0.154. The maximum atomic E-state index is 13.0. The van der Waals surface area contributed by atoms with Gasteiger partial charge in [-0.3, -0.25) is 39.0 Å². The van der Waals surface area contributed by atoms with Crippen molar-refractivity contribution < 1.29 is 38.2 Å². The SMILES string of the molecule is CC(C)(C)OC(=O)CCNC(=O)CCCCCOc1cccc2c1C(=O)N(C1CCC(=O)NC1=O)C2=O. The summed E-state index contributed by atoms with van der Waals surface area (Å²) >= 11 is 0. The van der Waals surface area contributed by atoms with Gasteiger partial charge in [0.15, 0.2) is 0 Å². The molecular weight excluding hydrogens is 482 g/mol. The number of ether oxygens (including phenoxy) is 2. The molecule has 0 spiro atoms. The molecule has 2 N–H and O–H groups in total. The summed E-state index contributed by atoms with van der Waals surface area (Å²) in [6.45, 7) is 5.85. The fourth-order valence-corrected chi connectivity index (χ4v) is 4.14. The van der Waals surface area contributed by atoms with Crippen LogP contribution in [0, 0.1) is 0 Å². The number of hydrogen-bond acceptors (Lipinski definition) is 8. The Labute approximate surface area is 215 Å². The fraction of sp³-hybridized carbons (Fsp3) is 0.538. The molecule has 0 radical (unpaired) electrons. The van der Waals surface area contributed by atoms with Crippen LogP contribution in [-0.4, -0.2) is 65.2 Å². The van der Waals surface area contributed by atoms with Crippen LogP contribution in [0.15, 0.2) is 18.2 Å². The van der Waals surface area contributed by atoms with Crippen LogP contribution in [-0.2, 0) is 23.9 Å². The second-order valence-electron chi connectivity index (χ2n) is 9.97. The van der Waals surface area contributed by atoms with E-state index in [1.807, 2.05) is 0 Å². The monoisotopic (exact) mass is 515 g/mol. The number of fused-ring (bicyclic) bond motifs is 1. The molecule has 1 unspecified atom stereocenters. The number of imide groups is 2. The lowest BCUT2D eigenvalue weighted by atomic mass is 10.0. The number of carbonyl (C=O) groups excluding carboxylic acids is 6. The average molecular weight is 516 g/mol. The summed E-state index contributed by atoms with van der Waals surface area (Å²) in [5.41, 5.74) is -0.282. The first-order chi connectivity index (χ1) is 17.5. The van der Waals surface area contributed by atoms with Gasteiger partial charge in [0.05, 0.1) is 24.2 Å². The minimum Gasteiger partial charge on any atom is -0.493 e. The van der Waals surface area contributed by atoms with E-state index >= 15 is 0 Å². The molecule has 5 amide bonds. The van der Waals surface area contributed by atoms with Crippen LogP contribution in [0.25, 0.3) is 0 Å². The highest BCUT2D eigenvalue weighted by molar-refractivity contribution is 6.24. The molecular formula is C26H33N3O8.